The number of rotatable bonds is 5. The van der Waals surface area contributed by atoms with Crippen molar-refractivity contribution < 1.29 is 18.0 Å². The molecule has 0 bridgehead atoms. The molecule has 26 heavy (non-hydrogen) atoms. The van der Waals surface area contributed by atoms with E-state index in [4.69, 9.17) is 11.6 Å². The highest BCUT2D eigenvalue weighted by molar-refractivity contribution is 6.31. The van der Waals surface area contributed by atoms with E-state index < -0.39 is 11.9 Å². The maximum atomic E-state index is 13.1. The number of halogens is 4. The molecule has 10 heteroatoms. The molecule has 0 saturated heterocycles. The molecule has 0 saturated carbocycles. The van der Waals surface area contributed by atoms with Crippen LogP contribution >= 0.6 is 11.6 Å². The number of aryl methyl sites for hydroxylation is 1. The summed E-state index contributed by atoms with van der Waals surface area (Å²) in [6.07, 6.45) is -2.98. The van der Waals surface area contributed by atoms with Gasteiger partial charge in [0.2, 0.25) is 5.91 Å². The van der Waals surface area contributed by atoms with Gasteiger partial charge in [-0.2, -0.15) is 23.4 Å². The molecule has 0 unspecified atom stereocenters. The lowest BCUT2D eigenvalue weighted by molar-refractivity contribution is -0.142. The Kier molecular flexibility index (Phi) is 5.01. The maximum absolute atomic E-state index is 13.1. The van der Waals surface area contributed by atoms with Gasteiger partial charge in [0, 0.05) is 17.8 Å². The standard InChI is InChI=1S/C16H19ClF3N5O/c1-9-14(17)10(2)24(22-9)7-6-21-13(26)8-25-12-5-3-4-11(12)15(23-25)16(18,19)20/h3-8H2,1-2H3,(H,21,26). The number of alkyl halides is 3. The molecule has 142 valence electrons. The van der Waals surface area contributed by atoms with Crippen molar-refractivity contribution in [1.82, 2.24) is 24.9 Å². The van der Waals surface area contributed by atoms with Crippen LogP contribution in [0.25, 0.3) is 0 Å². The maximum Gasteiger partial charge on any atom is 0.435 e. The third-order valence-corrected chi connectivity index (χ3v) is 5.05. The van der Waals surface area contributed by atoms with Crippen molar-refractivity contribution in [2.75, 3.05) is 6.54 Å². The van der Waals surface area contributed by atoms with Crippen LogP contribution in [0.15, 0.2) is 0 Å². The Bertz CT molecular complexity index is 840. The van der Waals surface area contributed by atoms with E-state index in [0.717, 1.165) is 5.69 Å². The number of hydrogen-bond donors (Lipinski definition) is 1. The highest BCUT2D eigenvalue weighted by Crippen LogP contribution is 2.36. The lowest BCUT2D eigenvalue weighted by Gasteiger charge is -2.09. The molecule has 2 heterocycles. The minimum Gasteiger partial charge on any atom is -0.353 e. The molecule has 3 rings (SSSR count). The van der Waals surface area contributed by atoms with Gasteiger partial charge in [-0.3, -0.25) is 14.2 Å². The normalized spacial score (nSPS) is 13.9. The van der Waals surface area contributed by atoms with Gasteiger partial charge in [0.15, 0.2) is 5.69 Å². The lowest BCUT2D eigenvalue weighted by Crippen LogP contribution is -2.31. The fourth-order valence-corrected chi connectivity index (χ4v) is 3.39. The summed E-state index contributed by atoms with van der Waals surface area (Å²) in [6.45, 7) is 4.12. The summed E-state index contributed by atoms with van der Waals surface area (Å²) < 4.78 is 42.0. The summed E-state index contributed by atoms with van der Waals surface area (Å²) in [5.74, 6) is -0.386. The van der Waals surface area contributed by atoms with Crippen molar-refractivity contribution in [1.29, 1.82) is 0 Å². The minimum atomic E-state index is -4.50. The Morgan fingerprint density at radius 1 is 1.23 bits per heavy atom. The third kappa shape index (κ3) is 3.58. The van der Waals surface area contributed by atoms with Crippen LogP contribution in [0.2, 0.25) is 5.02 Å². The Morgan fingerprint density at radius 2 is 1.96 bits per heavy atom. The summed E-state index contributed by atoms with van der Waals surface area (Å²) >= 11 is 6.07. The molecule has 2 aromatic rings. The molecule has 0 fully saturated rings. The fraction of sp³-hybridized carbons (Fsp3) is 0.562. The van der Waals surface area contributed by atoms with Crippen molar-refractivity contribution in [3.05, 3.63) is 33.4 Å². The predicted molar refractivity (Wildman–Crippen MR) is 89.0 cm³/mol. The predicted octanol–water partition coefficient (Wildman–Crippen LogP) is 2.67. The minimum absolute atomic E-state index is 0.225. The molecule has 0 aliphatic heterocycles. The van der Waals surface area contributed by atoms with Gasteiger partial charge in [0.05, 0.1) is 23.0 Å². The number of aromatic nitrogens is 4. The number of carbonyl (C=O) groups excluding carboxylic acids is 1. The van der Waals surface area contributed by atoms with Gasteiger partial charge in [-0.25, -0.2) is 0 Å². The number of hydrogen-bond acceptors (Lipinski definition) is 3. The highest BCUT2D eigenvalue weighted by Gasteiger charge is 2.40. The summed E-state index contributed by atoms with van der Waals surface area (Å²) in [6, 6.07) is 0. The quantitative estimate of drug-likeness (QED) is 0.855. The first-order valence-corrected chi connectivity index (χ1v) is 8.68. The Balaban J connectivity index is 1.61. The molecule has 0 radical (unpaired) electrons. The van der Waals surface area contributed by atoms with Crippen LogP contribution in [0.1, 0.15) is 34.8 Å². The van der Waals surface area contributed by atoms with Gasteiger partial charge >= 0.3 is 6.18 Å². The van der Waals surface area contributed by atoms with Crippen LogP contribution in [-0.2, 0) is 36.9 Å². The average molecular weight is 390 g/mol. The summed E-state index contributed by atoms with van der Waals surface area (Å²) in [5, 5.41) is 11.2. The first kappa shape index (κ1) is 18.8. The number of amides is 1. The van der Waals surface area contributed by atoms with Crippen LogP contribution in [0.4, 0.5) is 13.2 Å². The third-order valence-electron chi connectivity index (χ3n) is 4.51. The topological polar surface area (TPSA) is 64.7 Å². The second-order valence-electron chi connectivity index (χ2n) is 6.34. The molecule has 1 N–H and O–H groups in total. The van der Waals surface area contributed by atoms with E-state index >= 15 is 0 Å². The van der Waals surface area contributed by atoms with Gasteiger partial charge < -0.3 is 5.32 Å². The van der Waals surface area contributed by atoms with Gasteiger partial charge in [-0.15, -0.1) is 0 Å². The molecule has 1 aliphatic carbocycles. The molecule has 0 atom stereocenters. The van der Waals surface area contributed by atoms with Crippen LogP contribution in [0.5, 0.6) is 0 Å². The van der Waals surface area contributed by atoms with Crippen LogP contribution < -0.4 is 5.32 Å². The molecule has 1 aliphatic rings. The van der Waals surface area contributed by atoms with Crippen molar-refractivity contribution in [3.63, 3.8) is 0 Å². The van der Waals surface area contributed by atoms with Gasteiger partial charge in [-0.1, -0.05) is 11.6 Å². The van der Waals surface area contributed by atoms with Crippen molar-refractivity contribution in [2.45, 2.75) is 52.4 Å². The van der Waals surface area contributed by atoms with Crippen LogP contribution in [0, 0.1) is 13.8 Å². The van der Waals surface area contributed by atoms with E-state index in [-0.39, 0.29) is 18.0 Å². The zero-order valence-electron chi connectivity index (χ0n) is 14.5. The monoisotopic (exact) mass is 389 g/mol. The Labute approximate surface area is 153 Å². The fourth-order valence-electron chi connectivity index (χ4n) is 3.25. The summed E-state index contributed by atoms with van der Waals surface area (Å²) in [4.78, 5) is 12.1. The number of nitrogens with zero attached hydrogens (tertiary/aromatic N) is 4. The second kappa shape index (κ2) is 6.94. The molecule has 0 spiro atoms. The molecule has 6 nitrogen and oxygen atoms in total. The average Bonchev–Trinajstić information content (AvgIpc) is 3.20. The smallest absolute Gasteiger partial charge is 0.353 e. The second-order valence-corrected chi connectivity index (χ2v) is 6.72. The van der Waals surface area contributed by atoms with E-state index in [2.05, 4.69) is 15.5 Å². The first-order chi connectivity index (χ1) is 12.2. The Hall–Kier alpha value is -2.03. The zero-order chi connectivity index (χ0) is 19.1. The van der Waals surface area contributed by atoms with E-state index in [1.54, 1.807) is 11.6 Å². The largest absolute Gasteiger partial charge is 0.435 e. The molecule has 2 aromatic heterocycles. The first-order valence-electron chi connectivity index (χ1n) is 8.30. The number of carbonyl (C=O) groups is 1. The van der Waals surface area contributed by atoms with Gasteiger partial charge in [-0.05, 0) is 33.1 Å². The summed E-state index contributed by atoms with van der Waals surface area (Å²) in [7, 11) is 0. The van der Waals surface area contributed by atoms with Crippen molar-refractivity contribution in [2.24, 2.45) is 0 Å². The highest BCUT2D eigenvalue weighted by atomic mass is 35.5. The number of fused-ring (bicyclic) bond motifs is 1. The van der Waals surface area contributed by atoms with E-state index in [9.17, 15) is 18.0 Å². The Morgan fingerprint density at radius 3 is 2.58 bits per heavy atom. The molecular formula is C16H19ClF3N5O. The lowest BCUT2D eigenvalue weighted by atomic mass is 10.2. The summed E-state index contributed by atoms with van der Waals surface area (Å²) in [5.41, 5.74) is 1.39. The van der Waals surface area contributed by atoms with Crippen LogP contribution in [-0.4, -0.2) is 32.0 Å². The van der Waals surface area contributed by atoms with Gasteiger partial charge in [0.25, 0.3) is 0 Å². The molecule has 1 amide bonds. The zero-order valence-corrected chi connectivity index (χ0v) is 15.2. The van der Waals surface area contributed by atoms with E-state index in [1.807, 2.05) is 6.92 Å². The molecular weight excluding hydrogens is 371 g/mol. The van der Waals surface area contributed by atoms with Crippen LogP contribution in [0.3, 0.4) is 0 Å². The van der Waals surface area contributed by atoms with E-state index in [0.29, 0.717) is 48.8 Å². The van der Waals surface area contributed by atoms with Crippen molar-refractivity contribution in [3.8, 4) is 0 Å². The van der Waals surface area contributed by atoms with Crippen molar-refractivity contribution >= 4 is 17.5 Å². The SMILES string of the molecule is Cc1nn(CCNC(=O)Cn2nc(C(F)(F)F)c3c2CCC3)c(C)c1Cl. The molecule has 0 aromatic carbocycles. The van der Waals surface area contributed by atoms with E-state index in [1.165, 1.54) is 4.68 Å². The number of nitrogens with one attached hydrogen (secondary N) is 1. The van der Waals surface area contributed by atoms with Gasteiger partial charge in [0.1, 0.15) is 6.54 Å².